The summed E-state index contributed by atoms with van der Waals surface area (Å²) in [6.07, 6.45) is 2.14. The summed E-state index contributed by atoms with van der Waals surface area (Å²) in [5.41, 5.74) is 1.98. The molecule has 0 bridgehead atoms. The maximum absolute atomic E-state index is 11.7. The number of carbonyl (C=O) groups excluding carboxylic acids is 1. The van der Waals surface area contributed by atoms with Gasteiger partial charge in [0.2, 0.25) is 0 Å². The largest absolute Gasteiger partial charge is 0.386 e. The molecule has 86 valence electrons. The molecule has 0 radical (unpaired) electrons. The Morgan fingerprint density at radius 2 is 1.94 bits per heavy atom. The van der Waals surface area contributed by atoms with Crippen molar-refractivity contribution >= 4 is 5.78 Å². The quantitative estimate of drug-likeness (QED) is 0.768. The zero-order valence-corrected chi connectivity index (χ0v) is 10.2. The van der Waals surface area contributed by atoms with Crippen LogP contribution in [0.2, 0.25) is 0 Å². The molecule has 0 fully saturated rings. The van der Waals surface area contributed by atoms with Crippen molar-refractivity contribution in [3.8, 4) is 0 Å². The minimum absolute atomic E-state index is 0.136. The monoisotopic (exact) mass is 217 g/mol. The van der Waals surface area contributed by atoms with E-state index in [1.165, 1.54) is 0 Å². The topological polar surface area (TPSA) is 29.1 Å². The fourth-order valence-electron chi connectivity index (χ4n) is 1.59. The van der Waals surface area contributed by atoms with Crippen molar-refractivity contribution in [3.63, 3.8) is 0 Å². The van der Waals surface area contributed by atoms with E-state index in [0.717, 1.165) is 11.3 Å². The van der Waals surface area contributed by atoms with Crippen LogP contribution in [0.3, 0.4) is 0 Å². The molecule has 1 aromatic carbocycles. The summed E-state index contributed by atoms with van der Waals surface area (Å²) in [6, 6.07) is 10.2. The summed E-state index contributed by atoms with van der Waals surface area (Å²) < 4.78 is 0. The highest BCUT2D eigenvalue weighted by Crippen LogP contribution is 2.02. The molecule has 0 heterocycles. The third kappa shape index (κ3) is 4.78. The molecular formula is C14H19NO. The molecule has 1 N–H and O–H groups in total. The van der Waals surface area contributed by atoms with Crippen LogP contribution < -0.4 is 5.32 Å². The van der Waals surface area contributed by atoms with E-state index < -0.39 is 0 Å². The first-order valence-electron chi connectivity index (χ1n) is 5.59. The predicted molar refractivity (Wildman–Crippen MR) is 67.2 cm³/mol. The SMILES string of the molecule is C/C(=C\C(=O)Cc1ccccc1)NC(C)C. The minimum Gasteiger partial charge on any atom is -0.386 e. The third-order valence-electron chi connectivity index (χ3n) is 2.12. The zero-order chi connectivity index (χ0) is 12.0. The Labute approximate surface area is 97.4 Å². The molecule has 0 aliphatic heterocycles. The first-order valence-corrected chi connectivity index (χ1v) is 5.59. The molecule has 0 amide bonds. The first kappa shape index (κ1) is 12.5. The van der Waals surface area contributed by atoms with E-state index in [1.807, 2.05) is 37.3 Å². The molecule has 0 aliphatic carbocycles. The molecule has 2 nitrogen and oxygen atoms in total. The average molecular weight is 217 g/mol. The Hall–Kier alpha value is -1.57. The number of nitrogens with one attached hydrogen (secondary N) is 1. The van der Waals surface area contributed by atoms with E-state index in [9.17, 15) is 4.79 Å². The summed E-state index contributed by atoms with van der Waals surface area (Å²) in [7, 11) is 0. The standard InChI is InChI=1S/C14H19NO/c1-11(2)15-12(3)9-14(16)10-13-7-5-4-6-8-13/h4-9,11,15H,10H2,1-3H3/b12-9+. The van der Waals surface area contributed by atoms with Gasteiger partial charge in [0.1, 0.15) is 0 Å². The van der Waals surface area contributed by atoms with Crippen LogP contribution in [0.5, 0.6) is 0 Å². The van der Waals surface area contributed by atoms with Crippen molar-refractivity contribution in [3.05, 3.63) is 47.7 Å². The molecule has 0 saturated carbocycles. The highest BCUT2D eigenvalue weighted by atomic mass is 16.1. The Bertz CT molecular complexity index is 366. The molecule has 0 saturated heterocycles. The van der Waals surface area contributed by atoms with Crippen molar-refractivity contribution < 1.29 is 4.79 Å². The van der Waals surface area contributed by atoms with E-state index in [4.69, 9.17) is 0 Å². The van der Waals surface area contributed by atoms with E-state index in [1.54, 1.807) is 6.08 Å². The summed E-state index contributed by atoms with van der Waals surface area (Å²) >= 11 is 0. The van der Waals surface area contributed by atoms with Crippen molar-refractivity contribution in [1.82, 2.24) is 5.32 Å². The van der Waals surface area contributed by atoms with E-state index in [-0.39, 0.29) is 5.78 Å². The van der Waals surface area contributed by atoms with Gasteiger partial charge in [-0.15, -0.1) is 0 Å². The highest BCUT2D eigenvalue weighted by Gasteiger charge is 2.01. The fraction of sp³-hybridized carbons (Fsp3) is 0.357. The minimum atomic E-state index is 0.136. The van der Waals surface area contributed by atoms with E-state index in [2.05, 4.69) is 19.2 Å². The van der Waals surface area contributed by atoms with Crippen LogP contribution in [0.4, 0.5) is 0 Å². The van der Waals surface area contributed by atoms with Crippen molar-refractivity contribution in [2.75, 3.05) is 0 Å². The van der Waals surface area contributed by atoms with Gasteiger partial charge in [-0.1, -0.05) is 30.3 Å². The Balaban J connectivity index is 2.54. The Kier molecular flexibility index (Phi) is 4.77. The molecule has 16 heavy (non-hydrogen) atoms. The number of hydrogen-bond donors (Lipinski definition) is 1. The lowest BCUT2D eigenvalue weighted by atomic mass is 10.1. The predicted octanol–water partition coefficient (Wildman–Crippen LogP) is 2.70. The number of hydrogen-bond acceptors (Lipinski definition) is 2. The third-order valence-corrected chi connectivity index (χ3v) is 2.12. The number of ketones is 1. The fourth-order valence-corrected chi connectivity index (χ4v) is 1.59. The van der Waals surface area contributed by atoms with Gasteiger partial charge in [0.15, 0.2) is 5.78 Å². The maximum Gasteiger partial charge on any atom is 0.161 e. The van der Waals surface area contributed by atoms with Crippen molar-refractivity contribution in [2.45, 2.75) is 33.2 Å². The highest BCUT2D eigenvalue weighted by molar-refractivity contribution is 5.91. The summed E-state index contributed by atoms with van der Waals surface area (Å²) in [6.45, 7) is 6.03. The first-order chi connectivity index (χ1) is 7.58. The van der Waals surface area contributed by atoms with Gasteiger partial charge in [0, 0.05) is 24.2 Å². The van der Waals surface area contributed by atoms with Crippen LogP contribution in [0, 0.1) is 0 Å². The Morgan fingerprint density at radius 3 is 2.50 bits per heavy atom. The van der Waals surface area contributed by atoms with E-state index in [0.29, 0.717) is 12.5 Å². The lowest BCUT2D eigenvalue weighted by Gasteiger charge is -2.09. The lowest BCUT2D eigenvalue weighted by molar-refractivity contribution is -0.114. The second kappa shape index (κ2) is 6.11. The second-order valence-corrected chi connectivity index (χ2v) is 4.26. The van der Waals surface area contributed by atoms with Gasteiger partial charge in [-0.3, -0.25) is 4.79 Å². The van der Waals surface area contributed by atoms with Gasteiger partial charge in [0.05, 0.1) is 0 Å². The van der Waals surface area contributed by atoms with E-state index >= 15 is 0 Å². The van der Waals surface area contributed by atoms with Crippen LogP contribution in [-0.2, 0) is 11.2 Å². The van der Waals surface area contributed by atoms with Crippen molar-refractivity contribution in [1.29, 1.82) is 0 Å². The maximum atomic E-state index is 11.7. The van der Waals surface area contributed by atoms with Crippen molar-refractivity contribution in [2.24, 2.45) is 0 Å². The molecule has 1 rings (SSSR count). The van der Waals surface area contributed by atoms with Gasteiger partial charge >= 0.3 is 0 Å². The molecule has 2 heteroatoms. The normalized spacial score (nSPS) is 11.6. The number of carbonyl (C=O) groups is 1. The van der Waals surface area contributed by atoms with Crippen LogP contribution in [0.15, 0.2) is 42.1 Å². The molecule has 0 atom stereocenters. The van der Waals surface area contributed by atoms with Gasteiger partial charge in [-0.25, -0.2) is 0 Å². The number of benzene rings is 1. The molecular weight excluding hydrogens is 198 g/mol. The average Bonchev–Trinajstić information content (AvgIpc) is 2.17. The smallest absolute Gasteiger partial charge is 0.161 e. The Morgan fingerprint density at radius 1 is 1.31 bits per heavy atom. The zero-order valence-electron chi connectivity index (χ0n) is 10.2. The molecule has 0 aliphatic rings. The summed E-state index contributed by atoms with van der Waals surface area (Å²) in [5, 5.41) is 3.20. The van der Waals surface area contributed by atoms with Crippen LogP contribution in [0.1, 0.15) is 26.3 Å². The second-order valence-electron chi connectivity index (χ2n) is 4.26. The lowest BCUT2D eigenvalue weighted by Crippen LogP contribution is -2.21. The van der Waals surface area contributed by atoms with Crippen LogP contribution in [0.25, 0.3) is 0 Å². The molecule has 0 spiro atoms. The van der Waals surface area contributed by atoms with Crippen LogP contribution >= 0.6 is 0 Å². The van der Waals surface area contributed by atoms with Crippen LogP contribution in [-0.4, -0.2) is 11.8 Å². The summed E-state index contributed by atoms with van der Waals surface area (Å²) in [5.74, 6) is 0.136. The van der Waals surface area contributed by atoms with Gasteiger partial charge in [0.25, 0.3) is 0 Å². The van der Waals surface area contributed by atoms with Gasteiger partial charge < -0.3 is 5.32 Å². The number of allylic oxidation sites excluding steroid dienone is 2. The molecule has 1 aromatic rings. The number of rotatable bonds is 5. The molecule has 0 unspecified atom stereocenters. The molecule has 0 aromatic heterocycles. The van der Waals surface area contributed by atoms with Gasteiger partial charge in [-0.05, 0) is 26.3 Å². The summed E-state index contributed by atoms with van der Waals surface area (Å²) in [4.78, 5) is 11.7. The van der Waals surface area contributed by atoms with Gasteiger partial charge in [-0.2, -0.15) is 0 Å².